The Morgan fingerprint density at radius 1 is 1.35 bits per heavy atom. The lowest BCUT2D eigenvalue weighted by atomic mass is 9.80. The molecular weight excluding hydrogens is 428 g/mol. The molecule has 0 aliphatic heterocycles. The molecule has 1 fully saturated rings. The molecular formula is C26H30N6O2. The Balaban J connectivity index is 1.48. The highest BCUT2D eigenvalue weighted by atomic mass is 16.5. The molecule has 34 heavy (non-hydrogen) atoms. The van der Waals surface area contributed by atoms with E-state index in [9.17, 15) is 10.1 Å². The number of carbonyl (C=O) groups excluding carboxylic acids is 1. The SMILES string of the molecule is C=C(C)C(=O)NC1(C)CCC(Nc2ccc(-c3cc(OCC)cn4ncc(C#N)c34)cn2)CC1. The van der Waals surface area contributed by atoms with Crippen molar-refractivity contribution in [3.05, 3.63) is 54.5 Å². The second-order valence-electron chi connectivity index (χ2n) is 9.13. The molecule has 1 aliphatic rings. The number of amides is 1. The van der Waals surface area contributed by atoms with Crippen LogP contribution in [0.4, 0.5) is 5.82 Å². The lowest BCUT2D eigenvalue weighted by Crippen LogP contribution is -2.50. The molecule has 1 aliphatic carbocycles. The van der Waals surface area contributed by atoms with Gasteiger partial charge in [-0.25, -0.2) is 9.50 Å². The monoisotopic (exact) mass is 458 g/mol. The summed E-state index contributed by atoms with van der Waals surface area (Å²) in [6, 6.07) is 8.38. The molecule has 0 spiro atoms. The summed E-state index contributed by atoms with van der Waals surface area (Å²) >= 11 is 0. The van der Waals surface area contributed by atoms with Crippen molar-refractivity contribution < 1.29 is 9.53 Å². The van der Waals surface area contributed by atoms with Gasteiger partial charge in [0.05, 0.1) is 30.1 Å². The van der Waals surface area contributed by atoms with Gasteiger partial charge >= 0.3 is 0 Å². The lowest BCUT2D eigenvalue weighted by molar-refractivity contribution is -0.119. The number of nitrogens with one attached hydrogen (secondary N) is 2. The zero-order valence-corrected chi connectivity index (χ0v) is 19.9. The molecule has 176 valence electrons. The largest absolute Gasteiger partial charge is 0.492 e. The van der Waals surface area contributed by atoms with Crippen LogP contribution in [0.5, 0.6) is 5.75 Å². The van der Waals surface area contributed by atoms with Crippen molar-refractivity contribution in [1.82, 2.24) is 19.9 Å². The first-order valence-corrected chi connectivity index (χ1v) is 11.6. The summed E-state index contributed by atoms with van der Waals surface area (Å²) in [4.78, 5) is 16.7. The minimum absolute atomic E-state index is 0.0774. The van der Waals surface area contributed by atoms with E-state index in [1.165, 1.54) is 0 Å². The van der Waals surface area contributed by atoms with Gasteiger partial charge in [0.15, 0.2) is 0 Å². The van der Waals surface area contributed by atoms with Gasteiger partial charge in [0, 0.05) is 34.5 Å². The number of nitrogens with zero attached hydrogens (tertiary/aromatic N) is 4. The third kappa shape index (κ3) is 4.88. The van der Waals surface area contributed by atoms with E-state index in [1.807, 2.05) is 31.3 Å². The molecule has 8 heteroatoms. The number of ether oxygens (including phenoxy) is 1. The quantitative estimate of drug-likeness (QED) is 0.506. The average molecular weight is 459 g/mol. The fourth-order valence-corrected chi connectivity index (χ4v) is 4.40. The van der Waals surface area contributed by atoms with Gasteiger partial charge in [-0.05, 0) is 64.7 Å². The van der Waals surface area contributed by atoms with Crippen LogP contribution >= 0.6 is 0 Å². The molecule has 0 atom stereocenters. The lowest BCUT2D eigenvalue weighted by Gasteiger charge is -2.38. The Bertz CT molecular complexity index is 1250. The number of rotatable bonds is 7. The zero-order chi connectivity index (χ0) is 24.3. The molecule has 0 aromatic carbocycles. The molecule has 0 saturated heterocycles. The number of nitriles is 1. The normalized spacial score (nSPS) is 19.9. The summed E-state index contributed by atoms with van der Waals surface area (Å²) in [5.74, 6) is 1.41. The highest BCUT2D eigenvalue weighted by Gasteiger charge is 2.32. The fourth-order valence-electron chi connectivity index (χ4n) is 4.40. The summed E-state index contributed by atoms with van der Waals surface area (Å²) in [6.07, 6.45) is 8.81. The van der Waals surface area contributed by atoms with Crippen molar-refractivity contribution in [3.63, 3.8) is 0 Å². The summed E-state index contributed by atoms with van der Waals surface area (Å²) in [5, 5.41) is 20.5. The van der Waals surface area contributed by atoms with Crippen LogP contribution in [0, 0.1) is 11.3 Å². The Kier molecular flexibility index (Phi) is 6.55. The predicted molar refractivity (Wildman–Crippen MR) is 132 cm³/mol. The van der Waals surface area contributed by atoms with Crippen molar-refractivity contribution in [1.29, 1.82) is 5.26 Å². The second-order valence-corrected chi connectivity index (χ2v) is 9.13. The molecule has 1 saturated carbocycles. The van der Waals surface area contributed by atoms with Crippen molar-refractivity contribution in [3.8, 4) is 22.9 Å². The first-order chi connectivity index (χ1) is 16.3. The smallest absolute Gasteiger partial charge is 0.246 e. The highest BCUT2D eigenvalue weighted by Crippen LogP contribution is 2.32. The number of anilines is 1. The van der Waals surface area contributed by atoms with E-state index >= 15 is 0 Å². The first-order valence-electron chi connectivity index (χ1n) is 11.6. The second kappa shape index (κ2) is 9.56. The van der Waals surface area contributed by atoms with E-state index in [1.54, 1.807) is 23.8 Å². The molecule has 0 unspecified atom stereocenters. The third-order valence-electron chi connectivity index (χ3n) is 6.34. The Labute approximate surface area is 199 Å². The maximum absolute atomic E-state index is 12.0. The van der Waals surface area contributed by atoms with Crippen LogP contribution in [-0.2, 0) is 4.79 Å². The molecule has 2 N–H and O–H groups in total. The van der Waals surface area contributed by atoms with E-state index < -0.39 is 0 Å². The average Bonchev–Trinajstić information content (AvgIpc) is 3.24. The molecule has 3 aromatic rings. The number of aromatic nitrogens is 3. The minimum atomic E-state index is -0.202. The van der Waals surface area contributed by atoms with Crippen LogP contribution in [0.3, 0.4) is 0 Å². The Morgan fingerprint density at radius 2 is 2.12 bits per heavy atom. The molecule has 4 rings (SSSR count). The van der Waals surface area contributed by atoms with Crippen molar-refractivity contribution >= 4 is 17.2 Å². The van der Waals surface area contributed by atoms with Crippen molar-refractivity contribution in [2.45, 2.75) is 58.0 Å². The molecule has 3 aromatic heterocycles. The van der Waals surface area contributed by atoms with Crippen LogP contribution < -0.4 is 15.4 Å². The fraction of sp³-hybridized carbons (Fsp3) is 0.385. The number of fused-ring (bicyclic) bond motifs is 1. The van der Waals surface area contributed by atoms with Gasteiger partial charge in [-0.3, -0.25) is 4.79 Å². The summed E-state index contributed by atoms with van der Waals surface area (Å²) < 4.78 is 7.37. The van der Waals surface area contributed by atoms with Crippen LogP contribution in [-0.4, -0.2) is 38.7 Å². The van der Waals surface area contributed by atoms with Gasteiger partial charge in [0.25, 0.3) is 0 Å². The number of hydrogen-bond acceptors (Lipinski definition) is 6. The first kappa shape index (κ1) is 23.3. The van der Waals surface area contributed by atoms with Gasteiger partial charge in [-0.15, -0.1) is 0 Å². The van der Waals surface area contributed by atoms with E-state index in [0.29, 0.717) is 29.5 Å². The number of pyridine rings is 2. The molecule has 1 amide bonds. The standard InChI is InChI=1S/C26H30N6O2/c1-5-34-21-12-22(24-19(13-27)15-29-32(24)16-21)18-6-7-23(28-14-18)30-20-8-10-26(4,11-9-20)31-25(33)17(2)3/h6-7,12,14-16,20H,2,5,8-11H2,1,3-4H3,(H,28,30)(H,31,33). The molecule has 0 bridgehead atoms. The topological polar surface area (TPSA) is 104 Å². The van der Waals surface area contributed by atoms with Gasteiger partial charge in [-0.1, -0.05) is 6.58 Å². The number of carbonyl (C=O) groups is 1. The van der Waals surface area contributed by atoms with E-state index in [0.717, 1.165) is 48.1 Å². The van der Waals surface area contributed by atoms with Gasteiger partial charge in [0.2, 0.25) is 5.91 Å². The maximum Gasteiger partial charge on any atom is 0.246 e. The summed E-state index contributed by atoms with van der Waals surface area (Å²) in [6.45, 7) is 10.0. The molecule has 0 radical (unpaired) electrons. The summed E-state index contributed by atoms with van der Waals surface area (Å²) in [5.41, 5.74) is 3.30. The third-order valence-corrected chi connectivity index (χ3v) is 6.34. The molecule has 8 nitrogen and oxygen atoms in total. The zero-order valence-electron chi connectivity index (χ0n) is 19.9. The van der Waals surface area contributed by atoms with Crippen LogP contribution in [0.1, 0.15) is 52.0 Å². The maximum atomic E-state index is 12.0. The van der Waals surface area contributed by atoms with Crippen molar-refractivity contribution in [2.75, 3.05) is 11.9 Å². The number of hydrogen-bond donors (Lipinski definition) is 2. The van der Waals surface area contributed by atoms with Crippen LogP contribution in [0.15, 0.2) is 48.9 Å². The Morgan fingerprint density at radius 3 is 2.74 bits per heavy atom. The van der Waals surface area contributed by atoms with E-state index in [2.05, 4.69) is 40.3 Å². The van der Waals surface area contributed by atoms with Gasteiger partial charge in [0.1, 0.15) is 17.6 Å². The highest BCUT2D eigenvalue weighted by molar-refractivity contribution is 5.92. The van der Waals surface area contributed by atoms with E-state index in [4.69, 9.17) is 4.74 Å². The van der Waals surface area contributed by atoms with Gasteiger partial charge < -0.3 is 15.4 Å². The van der Waals surface area contributed by atoms with Crippen LogP contribution in [0.2, 0.25) is 0 Å². The Hall–Kier alpha value is -3.86. The van der Waals surface area contributed by atoms with Gasteiger partial charge in [-0.2, -0.15) is 10.4 Å². The minimum Gasteiger partial charge on any atom is -0.492 e. The van der Waals surface area contributed by atoms with E-state index in [-0.39, 0.29) is 11.4 Å². The molecule has 3 heterocycles. The predicted octanol–water partition coefficient (Wildman–Crippen LogP) is 4.47. The van der Waals surface area contributed by atoms with Crippen LogP contribution in [0.25, 0.3) is 16.6 Å². The van der Waals surface area contributed by atoms with Crippen molar-refractivity contribution in [2.24, 2.45) is 0 Å². The summed E-state index contributed by atoms with van der Waals surface area (Å²) in [7, 11) is 0.